The van der Waals surface area contributed by atoms with Crippen molar-refractivity contribution >= 4 is 29.3 Å². The number of ketones is 1. The Labute approximate surface area is 157 Å². The summed E-state index contributed by atoms with van der Waals surface area (Å²) >= 11 is 6.21. The van der Waals surface area contributed by atoms with Crippen LogP contribution in [0.5, 0.6) is 0 Å². The first kappa shape index (κ1) is 18.9. The first-order valence-electron chi connectivity index (χ1n) is 8.75. The molecule has 1 aromatic carbocycles. The first-order chi connectivity index (χ1) is 12.5. The largest absolute Gasteiger partial charge is 0.458 e. The Morgan fingerprint density at radius 3 is 2.65 bits per heavy atom. The zero-order chi connectivity index (χ0) is 18.7. The number of carbonyl (C=O) groups excluding carboxylic acids is 3. The predicted molar refractivity (Wildman–Crippen MR) is 94.3 cm³/mol. The quantitative estimate of drug-likeness (QED) is 0.328. The van der Waals surface area contributed by atoms with E-state index in [1.165, 1.54) is 12.0 Å². The molecule has 2 aliphatic rings. The van der Waals surface area contributed by atoms with Gasteiger partial charge < -0.3 is 14.4 Å². The van der Waals surface area contributed by atoms with Crippen LogP contribution in [0.2, 0.25) is 0 Å². The van der Waals surface area contributed by atoms with Crippen LogP contribution in [0.3, 0.4) is 0 Å². The second-order valence-electron chi connectivity index (χ2n) is 6.67. The van der Waals surface area contributed by atoms with Crippen LogP contribution in [0.25, 0.3) is 0 Å². The van der Waals surface area contributed by atoms with E-state index < -0.39 is 17.6 Å². The van der Waals surface area contributed by atoms with Crippen molar-refractivity contribution in [3.8, 4) is 0 Å². The number of hydrogen-bond donors (Lipinski definition) is 0. The van der Waals surface area contributed by atoms with Crippen molar-refractivity contribution < 1.29 is 23.9 Å². The lowest BCUT2D eigenvalue weighted by atomic mass is 9.76. The van der Waals surface area contributed by atoms with Crippen LogP contribution >= 0.6 is 11.6 Å². The third-order valence-corrected chi connectivity index (χ3v) is 5.49. The molecule has 26 heavy (non-hydrogen) atoms. The number of alkyl halides is 1. The number of methoxy groups -OCH3 is 1. The smallest absolute Gasteiger partial charge is 0.344 e. The van der Waals surface area contributed by atoms with Crippen LogP contribution in [0.15, 0.2) is 30.3 Å². The van der Waals surface area contributed by atoms with E-state index in [2.05, 4.69) is 0 Å². The molecule has 7 heteroatoms. The Morgan fingerprint density at radius 1 is 1.27 bits per heavy atom. The van der Waals surface area contributed by atoms with Gasteiger partial charge in [-0.25, -0.2) is 4.79 Å². The van der Waals surface area contributed by atoms with E-state index in [1.807, 2.05) is 30.3 Å². The maximum absolute atomic E-state index is 12.5. The Balaban J connectivity index is 1.62. The lowest BCUT2D eigenvalue weighted by Gasteiger charge is -2.47. The molecule has 1 aliphatic heterocycles. The maximum atomic E-state index is 12.5. The number of rotatable bonds is 6. The van der Waals surface area contributed by atoms with Gasteiger partial charge in [0.05, 0.1) is 6.04 Å². The van der Waals surface area contributed by atoms with Gasteiger partial charge in [0.2, 0.25) is 11.4 Å². The Hall–Kier alpha value is -1.92. The molecule has 1 saturated heterocycles. The van der Waals surface area contributed by atoms with Crippen molar-refractivity contribution in [1.29, 1.82) is 0 Å². The average Bonchev–Trinajstić information content (AvgIpc) is 2.65. The average molecular weight is 380 g/mol. The number of ether oxygens (including phenoxy) is 2. The molecule has 4 atom stereocenters. The Bertz CT molecular complexity index is 680. The molecule has 1 saturated carbocycles. The standard InChI is InChI=1S/C19H22ClNO5/c1-25-15-9-5-8-13(17(15)23)14-10-16(22)21(14)18(20)19(24)26-11-12-6-3-2-4-7-12/h2-4,6-7,13-15,18H,5,8-11H2,1H3/t13-,14+,15+,18?/m1/s1. The van der Waals surface area contributed by atoms with Crippen molar-refractivity contribution in [1.82, 2.24) is 4.90 Å². The van der Waals surface area contributed by atoms with E-state index in [4.69, 9.17) is 21.1 Å². The number of Topliss-reactive ketones (excluding diaryl/α,β-unsaturated/α-hetero) is 1. The zero-order valence-electron chi connectivity index (χ0n) is 14.6. The molecule has 1 heterocycles. The number of amides is 1. The molecule has 2 fully saturated rings. The second kappa shape index (κ2) is 8.18. The monoisotopic (exact) mass is 379 g/mol. The third kappa shape index (κ3) is 3.76. The van der Waals surface area contributed by atoms with E-state index >= 15 is 0 Å². The number of hydrogen-bond acceptors (Lipinski definition) is 5. The molecule has 0 N–H and O–H groups in total. The summed E-state index contributed by atoms with van der Waals surface area (Å²) in [5.41, 5.74) is -0.387. The fourth-order valence-electron chi connectivity index (χ4n) is 3.66. The minimum Gasteiger partial charge on any atom is -0.458 e. The fraction of sp³-hybridized carbons (Fsp3) is 0.526. The molecular formula is C19H22ClNO5. The van der Waals surface area contributed by atoms with E-state index in [0.29, 0.717) is 12.8 Å². The van der Waals surface area contributed by atoms with E-state index in [1.54, 1.807) is 0 Å². The summed E-state index contributed by atoms with van der Waals surface area (Å²) in [6.45, 7) is 0.0870. The van der Waals surface area contributed by atoms with Crippen molar-refractivity contribution in [2.45, 2.75) is 49.9 Å². The van der Waals surface area contributed by atoms with Gasteiger partial charge in [0, 0.05) is 19.4 Å². The van der Waals surface area contributed by atoms with E-state index in [0.717, 1.165) is 12.0 Å². The predicted octanol–water partition coefficient (Wildman–Crippen LogP) is 2.28. The van der Waals surface area contributed by atoms with Crippen LogP contribution in [-0.4, -0.2) is 47.3 Å². The lowest BCUT2D eigenvalue weighted by Crippen LogP contribution is -2.63. The van der Waals surface area contributed by atoms with Crippen LogP contribution in [-0.2, 0) is 30.5 Å². The van der Waals surface area contributed by atoms with Crippen molar-refractivity contribution in [2.24, 2.45) is 5.92 Å². The number of nitrogens with zero attached hydrogens (tertiary/aromatic N) is 1. The third-order valence-electron chi connectivity index (χ3n) is 5.10. The molecule has 0 aromatic heterocycles. The maximum Gasteiger partial charge on any atom is 0.344 e. The lowest BCUT2D eigenvalue weighted by molar-refractivity contribution is -0.166. The van der Waals surface area contributed by atoms with Crippen LogP contribution in [0.4, 0.5) is 0 Å². The van der Waals surface area contributed by atoms with Gasteiger partial charge >= 0.3 is 5.97 Å². The molecule has 140 valence electrons. The highest BCUT2D eigenvalue weighted by atomic mass is 35.5. The second-order valence-corrected chi connectivity index (χ2v) is 7.08. The number of halogens is 1. The van der Waals surface area contributed by atoms with Crippen molar-refractivity contribution in [2.75, 3.05) is 7.11 Å². The molecule has 3 rings (SSSR count). The normalized spacial score (nSPS) is 27.0. The SMILES string of the molecule is CO[C@H]1CCC[C@H]([C@@H]2CC(=O)N2C(Cl)C(=O)OCc2ccccc2)C1=O. The van der Waals surface area contributed by atoms with Gasteiger partial charge in [-0.1, -0.05) is 41.9 Å². The number of esters is 1. The molecule has 6 nitrogen and oxygen atoms in total. The van der Waals surface area contributed by atoms with Crippen molar-refractivity contribution in [3.63, 3.8) is 0 Å². The van der Waals surface area contributed by atoms with Gasteiger partial charge in [-0.3, -0.25) is 9.59 Å². The summed E-state index contributed by atoms with van der Waals surface area (Å²) in [5, 5.41) is 0. The highest BCUT2D eigenvalue weighted by molar-refractivity contribution is 6.30. The van der Waals surface area contributed by atoms with Gasteiger partial charge in [0.25, 0.3) is 0 Å². The number of carbonyl (C=O) groups is 3. The molecule has 0 radical (unpaired) electrons. The number of benzene rings is 1. The molecule has 0 spiro atoms. The topological polar surface area (TPSA) is 72.9 Å². The molecule has 1 aromatic rings. The van der Waals surface area contributed by atoms with Crippen LogP contribution in [0, 0.1) is 5.92 Å². The van der Waals surface area contributed by atoms with Gasteiger partial charge in [-0.15, -0.1) is 0 Å². The highest BCUT2D eigenvalue weighted by Crippen LogP contribution is 2.37. The highest BCUT2D eigenvalue weighted by Gasteiger charge is 2.50. The Kier molecular flexibility index (Phi) is 5.94. The minimum atomic E-state index is -1.22. The first-order valence-corrected chi connectivity index (χ1v) is 9.19. The fourth-order valence-corrected chi connectivity index (χ4v) is 3.98. The zero-order valence-corrected chi connectivity index (χ0v) is 15.4. The van der Waals surface area contributed by atoms with E-state index in [9.17, 15) is 14.4 Å². The van der Waals surface area contributed by atoms with Crippen molar-refractivity contribution in [3.05, 3.63) is 35.9 Å². The molecule has 1 aliphatic carbocycles. The molecular weight excluding hydrogens is 358 g/mol. The van der Waals surface area contributed by atoms with Crippen LogP contribution in [0.1, 0.15) is 31.2 Å². The van der Waals surface area contributed by atoms with Gasteiger partial charge in [-0.2, -0.15) is 0 Å². The Morgan fingerprint density at radius 2 is 2.00 bits per heavy atom. The van der Waals surface area contributed by atoms with Crippen LogP contribution < -0.4 is 0 Å². The van der Waals surface area contributed by atoms with Gasteiger partial charge in [0.1, 0.15) is 12.7 Å². The van der Waals surface area contributed by atoms with Gasteiger partial charge in [-0.05, 0) is 24.8 Å². The van der Waals surface area contributed by atoms with E-state index in [-0.39, 0.29) is 36.7 Å². The summed E-state index contributed by atoms with van der Waals surface area (Å²) in [5.74, 6) is -1.27. The molecule has 1 unspecified atom stereocenters. The molecule has 1 amide bonds. The summed E-state index contributed by atoms with van der Waals surface area (Å²) < 4.78 is 10.5. The summed E-state index contributed by atoms with van der Waals surface area (Å²) in [6.07, 6.45) is 2.00. The van der Waals surface area contributed by atoms with Gasteiger partial charge in [0.15, 0.2) is 5.78 Å². The minimum absolute atomic E-state index is 0.0113. The summed E-state index contributed by atoms with van der Waals surface area (Å²) in [4.78, 5) is 38.1. The number of likely N-dealkylation sites (tertiary alicyclic amines) is 1. The number of β-lactam (4-membered cyclic amide) rings is 1. The summed E-state index contributed by atoms with van der Waals surface area (Å²) in [6, 6.07) is 8.86. The summed E-state index contributed by atoms with van der Waals surface area (Å²) in [7, 11) is 1.51. The molecule has 0 bridgehead atoms.